The molecule has 0 atom stereocenters. The third-order valence-corrected chi connectivity index (χ3v) is 2.90. The fourth-order valence-corrected chi connectivity index (χ4v) is 1.83. The van der Waals surface area contributed by atoms with Crippen molar-refractivity contribution < 1.29 is 9.18 Å². The molecule has 0 aliphatic carbocycles. The van der Waals surface area contributed by atoms with E-state index < -0.39 is 11.8 Å². The molecule has 5 heteroatoms. The van der Waals surface area contributed by atoms with Gasteiger partial charge in [-0.25, -0.2) is 9.18 Å². The van der Waals surface area contributed by atoms with E-state index in [0.717, 1.165) is 11.1 Å². The number of carbonyl (C=O) groups excluding carboxylic acids is 1. The summed E-state index contributed by atoms with van der Waals surface area (Å²) in [5.41, 5.74) is 7.69. The number of rotatable bonds is 4. The standard InChI is InChI=1S/C15H16FN3O/c16-13-7-3-4-8-14(13)19-15(20)18-10-12-6-2-1-5-11(12)9-17/h1-8H,9-10,17H2,(H2,18,19,20). The van der Waals surface area contributed by atoms with E-state index in [0.29, 0.717) is 13.1 Å². The van der Waals surface area contributed by atoms with Crippen molar-refractivity contribution in [1.29, 1.82) is 0 Å². The highest BCUT2D eigenvalue weighted by atomic mass is 19.1. The molecule has 0 fully saturated rings. The molecule has 0 aliphatic heterocycles. The van der Waals surface area contributed by atoms with Gasteiger partial charge in [-0.1, -0.05) is 36.4 Å². The van der Waals surface area contributed by atoms with Gasteiger partial charge in [-0.3, -0.25) is 0 Å². The van der Waals surface area contributed by atoms with Gasteiger partial charge in [0.05, 0.1) is 5.69 Å². The Labute approximate surface area is 116 Å². The van der Waals surface area contributed by atoms with Crippen LogP contribution >= 0.6 is 0 Å². The smallest absolute Gasteiger partial charge is 0.319 e. The van der Waals surface area contributed by atoms with Crippen molar-refractivity contribution in [3.05, 3.63) is 65.5 Å². The molecular formula is C15H16FN3O. The van der Waals surface area contributed by atoms with Crippen molar-refractivity contribution in [1.82, 2.24) is 5.32 Å². The molecule has 4 N–H and O–H groups in total. The Hall–Kier alpha value is -2.40. The van der Waals surface area contributed by atoms with Crippen LogP contribution in [0.25, 0.3) is 0 Å². The van der Waals surface area contributed by atoms with Crippen LogP contribution in [0.3, 0.4) is 0 Å². The van der Waals surface area contributed by atoms with Gasteiger partial charge in [-0.05, 0) is 23.3 Å². The van der Waals surface area contributed by atoms with E-state index >= 15 is 0 Å². The van der Waals surface area contributed by atoms with Gasteiger partial charge in [-0.15, -0.1) is 0 Å². The van der Waals surface area contributed by atoms with Crippen molar-refractivity contribution in [2.24, 2.45) is 5.73 Å². The summed E-state index contributed by atoms with van der Waals surface area (Å²) in [5.74, 6) is -0.468. The number of halogens is 1. The van der Waals surface area contributed by atoms with Gasteiger partial charge in [-0.2, -0.15) is 0 Å². The number of anilines is 1. The number of benzene rings is 2. The van der Waals surface area contributed by atoms with Crippen LogP contribution < -0.4 is 16.4 Å². The van der Waals surface area contributed by atoms with E-state index in [1.807, 2.05) is 24.3 Å². The topological polar surface area (TPSA) is 67.1 Å². The van der Waals surface area contributed by atoms with Crippen molar-refractivity contribution >= 4 is 11.7 Å². The summed E-state index contributed by atoms with van der Waals surface area (Å²) in [7, 11) is 0. The average molecular weight is 273 g/mol. The molecule has 0 unspecified atom stereocenters. The highest BCUT2D eigenvalue weighted by Gasteiger charge is 2.06. The Bertz CT molecular complexity index is 601. The molecule has 0 spiro atoms. The SMILES string of the molecule is NCc1ccccc1CNC(=O)Nc1ccccc1F. The summed E-state index contributed by atoms with van der Waals surface area (Å²) < 4.78 is 13.4. The van der Waals surface area contributed by atoms with Gasteiger partial charge < -0.3 is 16.4 Å². The number of carbonyl (C=O) groups is 1. The van der Waals surface area contributed by atoms with Crippen LogP contribution in [0, 0.1) is 5.82 Å². The minimum atomic E-state index is -0.468. The Morgan fingerprint density at radius 3 is 2.40 bits per heavy atom. The van der Waals surface area contributed by atoms with E-state index in [9.17, 15) is 9.18 Å². The molecule has 2 amide bonds. The number of amides is 2. The van der Waals surface area contributed by atoms with Crippen LogP contribution in [-0.4, -0.2) is 6.03 Å². The lowest BCUT2D eigenvalue weighted by molar-refractivity contribution is 0.251. The fourth-order valence-electron chi connectivity index (χ4n) is 1.83. The lowest BCUT2D eigenvalue weighted by atomic mass is 10.1. The lowest BCUT2D eigenvalue weighted by Crippen LogP contribution is -2.29. The summed E-state index contributed by atoms with van der Waals surface area (Å²) in [5, 5.41) is 5.14. The van der Waals surface area contributed by atoms with Crippen molar-refractivity contribution in [2.45, 2.75) is 13.1 Å². The third kappa shape index (κ3) is 3.55. The number of hydrogen-bond donors (Lipinski definition) is 3. The second-order valence-electron chi connectivity index (χ2n) is 4.26. The molecule has 104 valence electrons. The highest BCUT2D eigenvalue weighted by Crippen LogP contribution is 2.12. The zero-order valence-electron chi connectivity index (χ0n) is 10.9. The molecule has 4 nitrogen and oxygen atoms in total. The summed E-state index contributed by atoms with van der Waals surface area (Å²) in [6, 6.07) is 13.1. The van der Waals surface area contributed by atoms with Gasteiger partial charge in [0.25, 0.3) is 0 Å². The van der Waals surface area contributed by atoms with Crippen LogP contribution in [0.2, 0.25) is 0 Å². The van der Waals surface area contributed by atoms with Crippen LogP contribution in [-0.2, 0) is 13.1 Å². The fraction of sp³-hybridized carbons (Fsp3) is 0.133. The first-order valence-corrected chi connectivity index (χ1v) is 6.27. The summed E-state index contributed by atoms with van der Waals surface area (Å²) >= 11 is 0. The number of nitrogens with two attached hydrogens (primary N) is 1. The van der Waals surface area contributed by atoms with E-state index in [1.165, 1.54) is 12.1 Å². The predicted octanol–water partition coefficient (Wildman–Crippen LogP) is 2.61. The average Bonchev–Trinajstić information content (AvgIpc) is 2.48. The van der Waals surface area contributed by atoms with E-state index in [4.69, 9.17) is 5.73 Å². The molecule has 0 aliphatic rings. The van der Waals surface area contributed by atoms with E-state index in [1.54, 1.807) is 12.1 Å². The monoisotopic (exact) mass is 273 g/mol. The molecule has 0 saturated carbocycles. The molecule has 2 rings (SSSR count). The van der Waals surface area contributed by atoms with E-state index in [-0.39, 0.29) is 5.69 Å². The molecule has 0 heterocycles. The van der Waals surface area contributed by atoms with Crippen molar-refractivity contribution in [3.63, 3.8) is 0 Å². The quantitative estimate of drug-likeness (QED) is 0.801. The van der Waals surface area contributed by atoms with Gasteiger partial charge in [0.15, 0.2) is 0 Å². The normalized spacial score (nSPS) is 10.1. The predicted molar refractivity (Wildman–Crippen MR) is 76.6 cm³/mol. The minimum absolute atomic E-state index is 0.150. The Morgan fingerprint density at radius 1 is 1.05 bits per heavy atom. The molecule has 0 bridgehead atoms. The number of nitrogens with one attached hydrogen (secondary N) is 2. The Balaban J connectivity index is 1.94. The van der Waals surface area contributed by atoms with Gasteiger partial charge in [0.2, 0.25) is 0 Å². The van der Waals surface area contributed by atoms with Crippen LogP contribution in [0.5, 0.6) is 0 Å². The van der Waals surface area contributed by atoms with Crippen molar-refractivity contribution in [2.75, 3.05) is 5.32 Å². The minimum Gasteiger partial charge on any atom is -0.334 e. The van der Waals surface area contributed by atoms with Crippen molar-refractivity contribution in [3.8, 4) is 0 Å². The van der Waals surface area contributed by atoms with Gasteiger partial charge >= 0.3 is 6.03 Å². The largest absolute Gasteiger partial charge is 0.334 e. The van der Waals surface area contributed by atoms with Gasteiger partial charge in [0.1, 0.15) is 5.82 Å². The maximum absolute atomic E-state index is 13.4. The van der Waals surface area contributed by atoms with E-state index in [2.05, 4.69) is 10.6 Å². The zero-order valence-corrected chi connectivity index (χ0v) is 10.9. The van der Waals surface area contributed by atoms with Crippen LogP contribution in [0.1, 0.15) is 11.1 Å². The highest BCUT2D eigenvalue weighted by molar-refractivity contribution is 5.89. The number of para-hydroxylation sites is 1. The summed E-state index contributed by atoms with van der Waals surface area (Å²) in [4.78, 5) is 11.7. The Kier molecular flexibility index (Phi) is 4.68. The van der Waals surface area contributed by atoms with Crippen LogP contribution in [0.4, 0.5) is 14.9 Å². The van der Waals surface area contributed by atoms with Crippen LogP contribution in [0.15, 0.2) is 48.5 Å². The molecular weight excluding hydrogens is 257 g/mol. The summed E-state index contributed by atoms with van der Waals surface area (Å²) in [6.45, 7) is 0.750. The number of urea groups is 1. The first-order chi connectivity index (χ1) is 9.70. The maximum Gasteiger partial charge on any atom is 0.319 e. The second kappa shape index (κ2) is 6.68. The number of hydrogen-bond acceptors (Lipinski definition) is 2. The maximum atomic E-state index is 13.4. The molecule has 0 aromatic heterocycles. The molecule has 0 saturated heterocycles. The molecule has 2 aromatic carbocycles. The third-order valence-electron chi connectivity index (χ3n) is 2.90. The zero-order chi connectivity index (χ0) is 14.4. The first-order valence-electron chi connectivity index (χ1n) is 6.27. The lowest BCUT2D eigenvalue weighted by Gasteiger charge is -2.10. The second-order valence-corrected chi connectivity index (χ2v) is 4.26. The molecule has 2 aromatic rings. The summed E-state index contributed by atoms with van der Waals surface area (Å²) in [6.07, 6.45) is 0. The van der Waals surface area contributed by atoms with Gasteiger partial charge in [0, 0.05) is 13.1 Å². The molecule has 20 heavy (non-hydrogen) atoms. The molecule has 0 radical (unpaired) electrons. The Morgan fingerprint density at radius 2 is 1.70 bits per heavy atom. The first kappa shape index (κ1) is 14.0.